The van der Waals surface area contributed by atoms with Crippen molar-refractivity contribution in [1.29, 1.82) is 0 Å². The van der Waals surface area contributed by atoms with Gasteiger partial charge in [0, 0.05) is 18.7 Å². The Morgan fingerprint density at radius 3 is 2.48 bits per heavy atom. The van der Waals surface area contributed by atoms with Gasteiger partial charge in [-0.25, -0.2) is 4.68 Å². The molecular formula is C18H23N5O2. The predicted octanol–water partition coefficient (Wildman–Crippen LogP) is 1.41. The van der Waals surface area contributed by atoms with E-state index >= 15 is 0 Å². The second kappa shape index (κ2) is 6.22. The van der Waals surface area contributed by atoms with Gasteiger partial charge in [-0.15, -0.1) is 5.10 Å². The molecule has 1 aliphatic carbocycles. The van der Waals surface area contributed by atoms with Crippen LogP contribution in [0.4, 0.5) is 0 Å². The van der Waals surface area contributed by atoms with Crippen LogP contribution in [-0.4, -0.2) is 54.8 Å². The molecule has 1 saturated heterocycles. The Hall–Kier alpha value is -2.28. The molecule has 2 fully saturated rings. The predicted molar refractivity (Wildman–Crippen MR) is 90.9 cm³/mol. The van der Waals surface area contributed by atoms with E-state index in [1.165, 1.54) is 0 Å². The lowest BCUT2D eigenvalue weighted by molar-refractivity contribution is 0.0340. The lowest BCUT2D eigenvalue weighted by Crippen LogP contribution is -2.41. The number of hydrogen-bond acceptors (Lipinski definition) is 5. The van der Waals surface area contributed by atoms with Gasteiger partial charge in [0.25, 0.3) is 5.91 Å². The van der Waals surface area contributed by atoms with Crippen LogP contribution in [0, 0.1) is 12.8 Å². The van der Waals surface area contributed by atoms with E-state index in [9.17, 15) is 9.90 Å². The third kappa shape index (κ3) is 3.28. The van der Waals surface area contributed by atoms with Gasteiger partial charge in [-0.2, -0.15) is 0 Å². The van der Waals surface area contributed by atoms with E-state index in [1.54, 1.807) is 4.68 Å². The number of hydrogen-bond donors (Lipinski definition) is 1. The Morgan fingerprint density at radius 2 is 1.92 bits per heavy atom. The molecule has 2 aliphatic rings. The lowest BCUT2D eigenvalue weighted by Gasteiger charge is -2.34. The van der Waals surface area contributed by atoms with E-state index in [2.05, 4.69) is 15.5 Å². The highest BCUT2D eigenvalue weighted by Crippen LogP contribution is 2.46. The molecule has 7 nitrogen and oxygen atoms in total. The number of piperidine rings is 1. The van der Waals surface area contributed by atoms with Crippen LogP contribution in [0.1, 0.15) is 47.4 Å². The van der Waals surface area contributed by atoms with Crippen LogP contribution in [0.2, 0.25) is 0 Å². The summed E-state index contributed by atoms with van der Waals surface area (Å²) in [5, 5.41) is 21.7. The van der Waals surface area contributed by atoms with E-state index in [0.717, 1.165) is 50.2 Å². The minimum atomic E-state index is -0.425. The topological polar surface area (TPSA) is 84.1 Å². The van der Waals surface area contributed by atoms with Crippen LogP contribution in [0.15, 0.2) is 24.3 Å². The molecule has 0 atom stereocenters. The quantitative estimate of drug-likeness (QED) is 0.909. The van der Waals surface area contributed by atoms with Gasteiger partial charge in [-0.1, -0.05) is 12.1 Å². The van der Waals surface area contributed by atoms with Crippen molar-refractivity contribution in [2.45, 2.75) is 44.8 Å². The average Bonchev–Trinajstić information content (AvgIpc) is 3.27. The fraction of sp³-hybridized carbons (Fsp3) is 0.556. The number of nitrogens with zero attached hydrogens (tertiary/aromatic N) is 5. The molecule has 0 bridgehead atoms. The first kappa shape index (κ1) is 16.2. The summed E-state index contributed by atoms with van der Waals surface area (Å²) < 4.78 is 1.73. The molecule has 0 radical (unpaired) electrons. The van der Waals surface area contributed by atoms with Gasteiger partial charge in [-0.3, -0.25) is 4.79 Å². The summed E-state index contributed by atoms with van der Waals surface area (Å²) in [6, 6.07) is 7.65. The number of aromatic nitrogens is 4. The first-order chi connectivity index (χ1) is 12.0. The highest BCUT2D eigenvalue weighted by molar-refractivity contribution is 5.94. The molecule has 0 spiro atoms. The van der Waals surface area contributed by atoms with E-state index in [-0.39, 0.29) is 5.91 Å². The van der Waals surface area contributed by atoms with Crippen molar-refractivity contribution in [2.75, 3.05) is 13.1 Å². The zero-order chi connectivity index (χ0) is 17.4. The maximum Gasteiger partial charge on any atom is 0.253 e. The van der Waals surface area contributed by atoms with Crippen molar-refractivity contribution in [3.05, 3.63) is 41.2 Å². The summed E-state index contributed by atoms with van der Waals surface area (Å²) in [4.78, 5) is 14.6. The highest BCUT2D eigenvalue weighted by atomic mass is 16.3. The maximum atomic E-state index is 12.7. The number of tetrazole rings is 1. The smallest absolute Gasteiger partial charge is 0.253 e. The summed E-state index contributed by atoms with van der Waals surface area (Å²) in [6.45, 7) is 3.92. The lowest BCUT2D eigenvalue weighted by atomic mass is 9.89. The minimum absolute atomic E-state index is 0.0754. The molecule has 1 aliphatic heterocycles. The third-order valence-electron chi connectivity index (χ3n) is 5.55. The number of carbonyl (C=O) groups excluding carboxylic acids is 1. The van der Waals surface area contributed by atoms with Crippen LogP contribution >= 0.6 is 0 Å². The number of likely N-dealkylation sites (tertiary alicyclic amines) is 1. The SMILES string of the molecule is Cc1nnnn1Cc1ccc(C(=O)N2CCC(C3(O)CC3)CC2)cc1. The van der Waals surface area contributed by atoms with E-state index in [0.29, 0.717) is 18.0 Å². The number of benzene rings is 1. The fourth-order valence-corrected chi connectivity index (χ4v) is 3.66. The van der Waals surface area contributed by atoms with Crippen molar-refractivity contribution in [1.82, 2.24) is 25.1 Å². The summed E-state index contributed by atoms with van der Waals surface area (Å²) in [7, 11) is 0. The van der Waals surface area contributed by atoms with E-state index < -0.39 is 5.60 Å². The van der Waals surface area contributed by atoms with Crippen molar-refractivity contribution in [2.24, 2.45) is 5.92 Å². The normalized spacial score (nSPS) is 19.8. The average molecular weight is 341 g/mol. The standard InChI is InChI=1S/C18H23N5O2/c1-13-19-20-21-23(13)12-14-2-4-15(5-3-14)17(24)22-10-6-16(7-11-22)18(25)8-9-18/h2-5,16,25H,6-12H2,1H3. The van der Waals surface area contributed by atoms with Gasteiger partial charge in [0.1, 0.15) is 5.82 Å². The molecular weight excluding hydrogens is 318 g/mol. The van der Waals surface area contributed by atoms with Crippen LogP contribution < -0.4 is 0 Å². The number of aryl methyl sites for hydroxylation is 1. The molecule has 1 aromatic carbocycles. The molecule has 4 rings (SSSR count). The summed E-state index contributed by atoms with van der Waals surface area (Å²) in [5.41, 5.74) is 1.34. The van der Waals surface area contributed by atoms with Crippen LogP contribution in [0.5, 0.6) is 0 Å². The Balaban J connectivity index is 1.37. The second-order valence-corrected chi connectivity index (χ2v) is 7.25. The number of amides is 1. The highest BCUT2D eigenvalue weighted by Gasteiger charge is 2.48. The molecule has 0 unspecified atom stereocenters. The molecule has 2 heterocycles. The van der Waals surface area contributed by atoms with Gasteiger partial charge in [0.05, 0.1) is 12.1 Å². The Morgan fingerprint density at radius 1 is 1.24 bits per heavy atom. The Kier molecular flexibility index (Phi) is 4.03. The van der Waals surface area contributed by atoms with Crippen molar-refractivity contribution < 1.29 is 9.90 Å². The largest absolute Gasteiger partial charge is 0.390 e. The Labute approximate surface area is 146 Å². The number of aliphatic hydroxyl groups is 1. The van der Waals surface area contributed by atoms with Crippen molar-refractivity contribution >= 4 is 5.91 Å². The summed E-state index contributed by atoms with van der Waals surface area (Å²) >= 11 is 0. The van der Waals surface area contributed by atoms with Gasteiger partial charge in [-0.05, 0) is 66.6 Å². The summed E-state index contributed by atoms with van der Waals surface area (Å²) in [6.07, 6.45) is 3.65. The van der Waals surface area contributed by atoms with Gasteiger partial charge in [0.2, 0.25) is 0 Å². The molecule has 1 N–H and O–H groups in total. The second-order valence-electron chi connectivity index (χ2n) is 7.25. The van der Waals surface area contributed by atoms with Crippen LogP contribution in [0.3, 0.4) is 0 Å². The molecule has 25 heavy (non-hydrogen) atoms. The fourth-order valence-electron chi connectivity index (χ4n) is 3.66. The Bertz CT molecular complexity index is 758. The van der Waals surface area contributed by atoms with Crippen LogP contribution in [0.25, 0.3) is 0 Å². The van der Waals surface area contributed by atoms with E-state index in [4.69, 9.17) is 0 Å². The maximum absolute atomic E-state index is 12.7. The summed E-state index contributed by atoms with van der Waals surface area (Å²) in [5.74, 6) is 1.20. The zero-order valence-corrected chi connectivity index (χ0v) is 14.4. The molecule has 2 aromatic rings. The van der Waals surface area contributed by atoms with Crippen LogP contribution in [-0.2, 0) is 6.54 Å². The third-order valence-corrected chi connectivity index (χ3v) is 5.55. The molecule has 7 heteroatoms. The molecule has 1 amide bonds. The van der Waals surface area contributed by atoms with E-state index in [1.807, 2.05) is 36.1 Å². The minimum Gasteiger partial charge on any atom is -0.390 e. The monoisotopic (exact) mass is 341 g/mol. The molecule has 1 saturated carbocycles. The first-order valence-corrected chi connectivity index (χ1v) is 8.88. The molecule has 1 aromatic heterocycles. The van der Waals surface area contributed by atoms with Gasteiger partial charge < -0.3 is 10.0 Å². The van der Waals surface area contributed by atoms with Gasteiger partial charge >= 0.3 is 0 Å². The number of carbonyl (C=O) groups is 1. The van der Waals surface area contributed by atoms with Crippen molar-refractivity contribution in [3.8, 4) is 0 Å². The van der Waals surface area contributed by atoms with Gasteiger partial charge in [0.15, 0.2) is 0 Å². The first-order valence-electron chi connectivity index (χ1n) is 8.88. The van der Waals surface area contributed by atoms with Crippen molar-refractivity contribution in [3.63, 3.8) is 0 Å². The molecule has 132 valence electrons. The number of rotatable bonds is 4. The zero-order valence-electron chi connectivity index (χ0n) is 14.4.